The fraction of sp³-hybridized carbons (Fsp3) is 0.333. The van der Waals surface area contributed by atoms with Gasteiger partial charge in [-0.25, -0.2) is 0 Å². The highest BCUT2D eigenvalue weighted by Crippen LogP contribution is 2.22. The van der Waals surface area contributed by atoms with Crippen LogP contribution in [0.4, 0.5) is 0 Å². The van der Waals surface area contributed by atoms with Crippen molar-refractivity contribution in [1.82, 2.24) is 0 Å². The van der Waals surface area contributed by atoms with E-state index in [1.54, 1.807) is 0 Å². The van der Waals surface area contributed by atoms with Crippen LogP contribution in [0.5, 0.6) is 5.75 Å². The van der Waals surface area contributed by atoms with Crippen LogP contribution in [0.1, 0.15) is 13.8 Å². The molecule has 2 heteroatoms. The van der Waals surface area contributed by atoms with Gasteiger partial charge in [-0.3, -0.25) is 0 Å². The quantitative estimate of drug-likeness (QED) is 0.668. The van der Waals surface area contributed by atoms with Gasteiger partial charge in [0.15, 0.2) is 0 Å². The second-order valence-corrected chi connectivity index (χ2v) is 3.12. The summed E-state index contributed by atoms with van der Waals surface area (Å²) in [5, 5.41) is 0. The molecule has 0 saturated heterocycles. The van der Waals surface area contributed by atoms with Crippen molar-refractivity contribution < 1.29 is 4.74 Å². The zero-order valence-electron chi connectivity index (χ0n) is 6.74. The third kappa shape index (κ3) is 2.46. The molecular formula is C9H12OS. The highest BCUT2D eigenvalue weighted by Gasteiger charge is 1.99. The molecule has 0 bridgehead atoms. The van der Waals surface area contributed by atoms with Gasteiger partial charge in [-0.05, 0) is 26.0 Å². The van der Waals surface area contributed by atoms with Gasteiger partial charge in [0.1, 0.15) is 5.75 Å². The highest BCUT2D eigenvalue weighted by atomic mass is 32.1. The van der Waals surface area contributed by atoms with Crippen LogP contribution in [0.25, 0.3) is 0 Å². The molecule has 0 atom stereocenters. The maximum Gasteiger partial charge on any atom is 0.132 e. The predicted molar refractivity (Wildman–Crippen MR) is 49.5 cm³/mol. The Morgan fingerprint density at radius 1 is 1.27 bits per heavy atom. The molecule has 1 aromatic carbocycles. The van der Waals surface area contributed by atoms with Gasteiger partial charge in [0.25, 0.3) is 0 Å². The van der Waals surface area contributed by atoms with Crippen LogP contribution in [0.3, 0.4) is 0 Å². The summed E-state index contributed by atoms with van der Waals surface area (Å²) < 4.78 is 5.47. The summed E-state index contributed by atoms with van der Waals surface area (Å²) in [6.45, 7) is 4.00. The first kappa shape index (κ1) is 8.47. The first-order valence-corrected chi connectivity index (χ1v) is 4.09. The lowest BCUT2D eigenvalue weighted by Gasteiger charge is -2.10. The first-order valence-electron chi connectivity index (χ1n) is 3.65. The van der Waals surface area contributed by atoms with Crippen molar-refractivity contribution in [3.63, 3.8) is 0 Å². The van der Waals surface area contributed by atoms with Crippen LogP contribution >= 0.6 is 12.6 Å². The molecular weight excluding hydrogens is 156 g/mol. The summed E-state index contributed by atoms with van der Waals surface area (Å²) in [5.41, 5.74) is 0. The van der Waals surface area contributed by atoms with Gasteiger partial charge in [0.2, 0.25) is 0 Å². The number of para-hydroxylation sites is 1. The van der Waals surface area contributed by atoms with Crippen LogP contribution in [0.15, 0.2) is 29.2 Å². The van der Waals surface area contributed by atoms with E-state index in [0.717, 1.165) is 10.6 Å². The molecule has 1 rings (SSSR count). The molecule has 11 heavy (non-hydrogen) atoms. The molecule has 0 saturated carbocycles. The van der Waals surface area contributed by atoms with E-state index in [2.05, 4.69) is 12.6 Å². The largest absolute Gasteiger partial charge is 0.490 e. The van der Waals surface area contributed by atoms with E-state index < -0.39 is 0 Å². The fourth-order valence-corrected chi connectivity index (χ4v) is 1.02. The maximum atomic E-state index is 5.47. The summed E-state index contributed by atoms with van der Waals surface area (Å²) in [7, 11) is 0. The average molecular weight is 168 g/mol. The Morgan fingerprint density at radius 2 is 1.91 bits per heavy atom. The number of hydrogen-bond donors (Lipinski definition) is 1. The van der Waals surface area contributed by atoms with Crippen molar-refractivity contribution in [1.29, 1.82) is 0 Å². The third-order valence-electron chi connectivity index (χ3n) is 1.23. The summed E-state index contributed by atoms with van der Waals surface area (Å²) in [5.74, 6) is 0.853. The van der Waals surface area contributed by atoms with Crippen molar-refractivity contribution in [2.45, 2.75) is 24.8 Å². The molecule has 0 aliphatic heterocycles. The summed E-state index contributed by atoms with van der Waals surface area (Å²) in [4.78, 5) is 0.890. The van der Waals surface area contributed by atoms with Gasteiger partial charge < -0.3 is 4.74 Å². The Balaban J connectivity index is 2.78. The zero-order chi connectivity index (χ0) is 8.27. The Labute approximate surface area is 72.8 Å². The molecule has 0 amide bonds. The molecule has 0 aromatic heterocycles. The molecule has 0 N–H and O–H groups in total. The van der Waals surface area contributed by atoms with E-state index in [4.69, 9.17) is 4.74 Å². The van der Waals surface area contributed by atoms with E-state index in [0.29, 0.717) is 0 Å². The van der Waals surface area contributed by atoms with E-state index in [9.17, 15) is 0 Å². The minimum atomic E-state index is 0.211. The van der Waals surface area contributed by atoms with E-state index in [-0.39, 0.29) is 6.10 Å². The number of hydrogen-bond acceptors (Lipinski definition) is 2. The lowest BCUT2D eigenvalue weighted by molar-refractivity contribution is 0.236. The smallest absolute Gasteiger partial charge is 0.132 e. The monoisotopic (exact) mass is 168 g/mol. The number of thiol groups is 1. The van der Waals surface area contributed by atoms with E-state index in [1.165, 1.54) is 0 Å². The standard InChI is InChI=1S/C9H12OS/c1-7(2)10-8-5-3-4-6-9(8)11/h3-7,11H,1-2H3. The van der Waals surface area contributed by atoms with Crippen LogP contribution in [0.2, 0.25) is 0 Å². The predicted octanol–water partition coefficient (Wildman–Crippen LogP) is 2.76. The number of benzene rings is 1. The van der Waals surface area contributed by atoms with Crippen molar-refractivity contribution in [3.8, 4) is 5.75 Å². The lowest BCUT2D eigenvalue weighted by Crippen LogP contribution is -2.05. The van der Waals surface area contributed by atoms with Gasteiger partial charge in [0, 0.05) is 4.90 Å². The maximum absolute atomic E-state index is 5.47. The fourth-order valence-electron chi connectivity index (χ4n) is 0.811. The van der Waals surface area contributed by atoms with Gasteiger partial charge >= 0.3 is 0 Å². The Morgan fingerprint density at radius 3 is 2.45 bits per heavy atom. The van der Waals surface area contributed by atoms with Gasteiger partial charge in [-0.1, -0.05) is 12.1 Å². The lowest BCUT2D eigenvalue weighted by atomic mass is 10.3. The van der Waals surface area contributed by atoms with Crippen LogP contribution in [-0.2, 0) is 0 Å². The van der Waals surface area contributed by atoms with Crippen molar-refractivity contribution >= 4 is 12.6 Å². The topological polar surface area (TPSA) is 9.23 Å². The summed E-state index contributed by atoms with van der Waals surface area (Å²) in [6.07, 6.45) is 0.211. The molecule has 0 fully saturated rings. The van der Waals surface area contributed by atoms with Gasteiger partial charge in [0.05, 0.1) is 6.10 Å². The zero-order valence-corrected chi connectivity index (χ0v) is 7.64. The molecule has 0 spiro atoms. The molecule has 0 radical (unpaired) electrons. The number of rotatable bonds is 2. The Hall–Kier alpha value is -0.630. The second kappa shape index (κ2) is 3.67. The molecule has 0 aliphatic rings. The molecule has 0 heterocycles. The van der Waals surface area contributed by atoms with Crippen molar-refractivity contribution in [2.24, 2.45) is 0 Å². The second-order valence-electron chi connectivity index (χ2n) is 2.63. The van der Waals surface area contributed by atoms with Crippen molar-refractivity contribution in [2.75, 3.05) is 0 Å². The van der Waals surface area contributed by atoms with Gasteiger partial charge in [-0.2, -0.15) is 0 Å². The summed E-state index contributed by atoms with van der Waals surface area (Å²) >= 11 is 4.25. The molecule has 1 aromatic rings. The Bertz CT molecular complexity index is 233. The van der Waals surface area contributed by atoms with E-state index >= 15 is 0 Å². The first-order chi connectivity index (χ1) is 5.20. The summed E-state index contributed by atoms with van der Waals surface area (Å²) in [6, 6.07) is 7.72. The minimum Gasteiger partial charge on any atom is -0.490 e. The molecule has 0 unspecified atom stereocenters. The Kier molecular flexibility index (Phi) is 2.83. The van der Waals surface area contributed by atoms with Crippen LogP contribution < -0.4 is 4.74 Å². The molecule has 1 nitrogen and oxygen atoms in total. The van der Waals surface area contributed by atoms with Crippen molar-refractivity contribution in [3.05, 3.63) is 24.3 Å². The minimum absolute atomic E-state index is 0.211. The van der Waals surface area contributed by atoms with Crippen LogP contribution in [0, 0.1) is 0 Å². The van der Waals surface area contributed by atoms with E-state index in [1.807, 2.05) is 38.1 Å². The molecule has 0 aliphatic carbocycles. The third-order valence-corrected chi connectivity index (χ3v) is 1.60. The van der Waals surface area contributed by atoms with Gasteiger partial charge in [-0.15, -0.1) is 12.6 Å². The van der Waals surface area contributed by atoms with Crippen LogP contribution in [-0.4, -0.2) is 6.10 Å². The average Bonchev–Trinajstić information content (AvgIpc) is 1.93. The molecule has 60 valence electrons. The highest BCUT2D eigenvalue weighted by molar-refractivity contribution is 7.80. The SMILES string of the molecule is CC(C)Oc1ccccc1S. The number of ether oxygens (including phenoxy) is 1. The normalized spacial score (nSPS) is 10.2.